The van der Waals surface area contributed by atoms with E-state index in [1.807, 2.05) is 37.3 Å². The largest absolute Gasteiger partial charge is 0.443 e. The topological polar surface area (TPSA) is 58.6 Å². The summed E-state index contributed by atoms with van der Waals surface area (Å²) < 4.78 is 5.18. The van der Waals surface area contributed by atoms with Crippen LogP contribution in [0.25, 0.3) is 0 Å². The molecule has 0 aliphatic carbocycles. The molecule has 22 heavy (non-hydrogen) atoms. The van der Waals surface area contributed by atoms with Crippen LogP contribution < -0.4 is 5.43 Å². The average Bonchev–Trinajstić information content (AvgIpc) is 2.43. The molecule has 0 aromatic heterocycles. The van der Waals surface area contributed by atoms with E-state index in [4.69, 9.17) is 4.74 Å². The summed E-state index contributed by atoms with van der Waals surface area (Å²) in [4.78, 5) is 24.1. The van der Waals surface area contributed by atoms with E-state index in [9.17, 15) is 9.59 Å². The molecule has 0 bridgehead atoms. The van der Waals surface area contributed by atoms with Gasteiger partial charge >= 0.3 is 6.09 Å². The molecule has 1 aromatic carbocycles. The van der Waals surface area contributed by atoms with Gasteiger partial charge in [0.05, 0.1) is 0 Å². The number of ether oxygens (including phenoxy) is 1. The first-order valence-electron chi connectivity index (χ1n) is 7.65. The van der Waals surface area contributed by atoms with Gasteiger partial charge in [0, 0.05) is 13.0 Å². The molecular formula is C17H26N2O3. The van der Waals surface area contributed by atoms with Gasteiger partial charge in [-0.05, 0) is 39.2 Å². The van der Waals surface area contributed by atoms with Gasteiger partial charge in [-0.2, -0.15) is 0 Å². The summed E-state index contributed by atoms with van der Waals surface area (Å²) in [5.41, 5.74) is 3.05. The van der Waals surface area contributed by atoms with Crippen LogP contribution in [0.5, 0.6) is 0 Å². The first kappa shape index (κ1) is 18.0. The van der Waals surface area contributed by atoms with Crippen molar-refractivity contribution in [2.24, 2.45) is 0 Å². The highest BCUT2D eigenvalue weighted by Crippen LogP contribution is 2.08. The summed E-state index contributed by atoms with van der Waals surface area (Å²) in [5, 5.41) is 1.34. The summed E-state index contributed by atoms with van der Waals surface area (Å²) in [6.07, 6.45) is 1.15. The Labute approximate surface area is 132 Å². The summed E-state index contributed by atoms with van der Waals surface area (Å²) in [6.45, 7) is 7.77. The van der Waals surface area contributed by atoms with Crippen molar-refractivity contribution in [3.05, 3.63) is 35.9 Å². The van der Waals surface area contributed by atoms with Crippen molar-refractivity contribution in [2.45, 2.75) is 52.6 Å². The highest BCUT2D eigenvalue weighted by atomic mass is 16.6. The number of hydrogen-bond donors (Lipinski definition) is 1. The molecule has 0 unspecified atom stereocenters. The van der Waals surface area contributed by atoms with E-state index in [-0.39, 0.29) is 5.91 Å². The third-order valence-electron chi connectivity index (χ3n) is 2.84. The van der Waals surface area contributed by atoms with E-state index < -0.39 is 11.7 Å². The second-order valence-electron chi connectivity index (χ2n) is 6.14. The predicted molar refractivity (Wildman–Crippen MR) is 86.1 cm³/mol. The zero-order chi connectivity index (χ0) is 16.6. The molecule has 0 saturated heterocycles. The minimum atomic E-state index is -0.603. The molecule has 0 saturated carbocycles. The molecule has 1 rings (SSSR count). The van der Waals surface area contributed by atoms with Crippen molar-refractivity contribution in [2.75, 3.05) is 6.54 Å². The maximum Gasteiger partial charge on any atom is 0.426 e. The van der Waals surface area contributed by atoms with E-state index in [1.165, 1.54) is 5.01 Å². The van der Waals surface area contributed by atoms with Gasteiger partial charge in [-0.3, -0.25) is 9.80 Å². The summed E-state index contributed by atoms with van der Waals surface area (Å²) in [7, 11) is 0. The van der Waals surface area contributed by atoms with Gasteiger partial charge in [-0.15, -0.1) is 0 Å². The van der Waals surface area contributed by atoms with Crippen LogP contribution in [0.3, 0.4) is 0 Å². The van der Waals surface area contributed by atoms with Crippen molar-refractivity contribution < 1.29 is 14.3 Å². The maximum atomic E-state index is 12.3. The lowest BCUT2D eigenvalue weighted by Crippen LogP contribution is -2.48. The fourth-order valence-corrected chi connectivity index (χ4v) is 1.91. The fraction of sp³-hybridized carbons (Fsp3) is 0.529. The number of aryl methyl sites for hydroxylation is 1. The number of carbonyl (C=O) groups excluding carboxylic acids is 2. The number of nitrogens with one attached hydrogen (secondary N) is 1. The van der Waals surface area contributed by atoms with Crippen LogP contribution in [-0.2, 0) is 16.0 Å². The molecule has 2 amide bonds. The molecule has 0 heterocycles. The molecule has 1 aromatic rings. The van der Waals surface area contributed by atoms with Crippen LogP contribution in [0.4, 0.5) is 4.79 Å². The predicted octanol–water partition coefficient (Wildman–Crippen LogP) is 3.30. The quantitative estimate of drug-likeness (QED) is 0.849. The van der Waals surface area contributed by atoms with Crippen LogP contribution in [0.2, 0.25) is 0 Å². The van der Waals surface area contributed by atoms with Gasteiger partial charge in [0.1, 0.15) is 5.60 Å². The molecule has 5 heteroatoms. The number of carbonyl (C=O) groups is 2. The van der Waals surface area contributed by atoms with Crippen molar-refractivity contribution >= 4 is 12.0 Å². The van der Waals surface area contributed by atoms with Crippen molar-refractivity contribution in [3.8, 4) is 0 Å². The molecular weight excluding hydrogens is 280 g/mol. The molecule has 5 nitrogen and oxygen atoms in total. The minimum absolute atomic E-state index is 0.114. The molecule has 0 atom stereocenters. The lowest BCUT2D eigenvalue weighted by atomic mass is 10.1. The Morgan fingerprint density at radius 3 is 2.36 bits per heavy atom. The van der Waals surface area contributed by atoms with E-state index in [1.54, 1.807) is 20.8 Å². The van der Waals surface area contributed by atoms with Gasteiger partial charge in [0.15, 0.2) is 0 Å². The fourth-order valence-electron chi connectivity index (χ4n) is 1.91. The van der Waals surface area contributed by atoms with Crippen LogP contribution in [0.15, 0.2) is 30.3 Å². The summed E-state index contributed by atoms with van der Waals surface area (Å²) in [6, 6.07) is 9.81. The third kappa shape index (κ3) is 7.11. The lowest BCUT2D eigenvalue weighted by Gasteiger charge is -2.26. The maximum absolute atomic E-state index is 12.3. The summed E-state index contributed by atoms with van der Waals surface area (Å²) >= 11 is 0. The highest BCUT2D eigenvalue weighted by molar-refractivity contribution is 5.79. The van der Waals surface area contributed by atoms with Crippen molar-refractivity contribution in [3.63, 3.8) is 0 Å². The van der Waals surface area contributed by atoms with E-state index >= 15 is 0 Å². The number of hydrazine groups is 1. The minimum Gasteiger partial charge on any atom is -0.443 e. The summed E-state index contributed by atoms with van der Waals surface area (Å²) in [5.74, 6) is -0.114. The van der Waals surface area contributed by atoms with Crippen LogP contribution >= 0.6 is 0 Å². The smallest absolute Gasteiger partial charge is 0.426 e. The van der Waals surface area contributed by atoms with E-state index in [0.29, 0.717) is 19.4 Å². The number of amides is 2. The molecule has 0 aliphatic rings. The van der Waals surface area contributed by atoms with Gasteiger partial charge in [0.25, 0.3) is 0 Å². The number of benzene rings is 1. The first-order valence-corrected chi connectivity index (χ1v) is 7.65. The van der Waals surface area contributed by atoms with Gasteiger partial charge in [0.2, 0.25) is 5.91 Å². The Morgan fingerprint density at radius 2 is 1.82 bits per heavy atom. The second kappa shape index (κ2) is 8.41. The molecule has 1 N–H and O–H groups in total. The van der Waals surface area contributed by atoms with E-state index in [2.05, 4.69) is 5.43 Å². The Kier molecular flexibility index (Phi) is 6.89. The Hall–Kier alpha value is -2.04. The van der Waals surface area contributed by atoms with Gasteiger partial charge in [-0.25, -0.2) is 10.2 Å². The Morgan fingerprint density at radius 1 is 1.18 bits per heavy atom. The Balaban J connectivity index is 2.54. The zero-order valence-electron chi connectivity index (χ0n) is 13.9. The molecule has 0 spiro atoms. The molecule has 0 aliphatic heterocycles. The molecule has 0 fully saturated rings. The van der Waals surface area contributed by atoms with E-state index in [0.717, 1.165) is 12.0 Å². The average molecular weight is 306 g/mol. The zero-order valence-corrected chi connectivity index (χ0v) is 13.9. The van der Waals surface area contributed by atoms with Gasteiger partial charge < -0.3 is 4.74 Å². The standard InChI is InChI=1S/C17H26N2O3/c1-5-13-19(18-16(21)22-17(2,3)4)15(20)12-11-14-9-7-6-8-10-14/h6-10H,5,11-13H2,1-4H3,(H,18,21). The third-order valence-corrected chi connectivity index (χ3v) is 2.84. The monoisotopic (exact) mass is 306 g/mol. The number of nitrogens with zero attached hydrogens (tertiary/aromatic N) is 1. The van der Waals surface area contributed by atoms with Crippen molar-refractivity contribution in [1.29, 1.82) is 0 Å². The van der Waals surface area contributed by atoms with Crippen LogP contribution in [0, 0.1) is 0 Å². The van der Waals surface area contributed by atoms with Gasteiger partial charge in [-0.1, -0.05) is 37.3 Å². The number of rotatable bonds is 5. The molecule has 0 radical (unpaired) electrons. The highest BCUT2D eigenvalue weighted by Gasteiger charge is 2.20. The second-order valence-corrected chi connectivity index (χ2v) is 6.14. The molecule has 122 valence electrons. The van der Waals surface area contributed by atoms with Crippen LogP contribution in [0.1, 0.15) is 46.1 Å². The number of hydrogen-bond acceptors (Lipinski definition) is 3. The normalized spacial score (nSPS) is 10.9. The van der Waals surface area contributed by atoms with Crippen molar-refractivity contribution in [1.82, 2.24) is 10.4 Å². The Bertz CT molecular complexity index is 480. The lowest BCUT2D eigenvalue weighted by molar-refractivity contribution is -0.134. The SMILES string of the molecule is CCCN(NC(=O)OC(C)(C)C)C(=O)CCc1ccccc1. The van der Waals surface area contributed by atoms with Crippen LogP contribution in [-0.4, -0.2) is 29.2 Å². The first-order chi connectivity index (χ1) is 10.3.